The fourth-order valence-electron chi connectivity index (χ4n) is 2.57. The SMILES string of the molecule is CCCCN(CC1CCCN1)c1ncc(C)cc1Br. The molecule has 1 N–H and O–H groups in total. The van der Waals surface area contributed by atoms with E-state index >= 15 is 0 Å². The van der Waals surface area contributed by atoms with E-state index in [1.807, 2.05) is 6.20 Å². The number of nitrogens with one attached hydrogen (secondary N) is 1. The molecule has 4 heteroatoms. The third kappa shape index (κ3) is 4.18. The van der Waals surface area contributed by atoms with Crippen LogP contribution in [0.1, 0.15) is 38.2 Å². The van der Waals surface area contributed by atoms with Gasteiger partial charge in [0.25, 0.3) is 0 Å². The van der Waals surface area contributed by atoms with Crippen molar-refractivity contribution in [2.45, 2.75) is 45.6 Å². The third-order valence-electron chi connectivity index (χ3n) is 3.64. The molecule has 0 spiro atoms. The molecular formula is C15H24BrN3. The molecule has 1 aliphatic heterocycles. The summed E-state index contributed by atoms with van der Waals surface area (Å²) >= 11 is 3.66. The molecular weight excluding hydrogens is 302 g/mol. The van der Waals surface area contributed by atoms with Gasteiger partial charge in [-0.25, -0.2) is 4.98 Å². The molecule has 1 atom stereocenters. The lowest BCUT2D eigenvalue weighted by Gasteiger charge is -2.27. The summed E-state index contributed by atoms with van der Waals surface area (Å²) < 4.78 is 1.11. The van der Waals surface area contributed by atoms with E-state index in [-0.39, 0.29) is 0 Å². The van der Waals surface area contributed by atoms with Crippen molar-refractivity contribution in [1.82, 2.24) is 10.3 Å². The number of pyridine rings is 1. The van der Waals surface area contributed by atoms with Gasteiger partial charge in [-0.15, -0.1) is 0 Å². The van der Waals surface area contributed by atoms with Gasteiger partial charge in [-0.3, -0.25) is 0 Å². The van der Waals surface area contributed by atoms with Crippen LogP contribution in [0.3, 0.4) is 0 Å². The normalized spacial score (nSPS) is 18.8. The summed E-state index contributed by atoms with van der Waals surface area (Å²) in [6.45, 7) is 7.63. The van der Waals surface area contributed by atoms with Crippen LogP contribution >= 0.6 is 15.9 Å². The third-order valence-corrected chi connectivity index (χ3v) is 4.23. The van der Waals surface area contributed by atoms with Gasteiger partial charge in [0.15, 0.2) is 0 Å². The van der Waals surface area contributed by atoms with Gasteiger partial charge in [0.1, 0.15) is 5.82 Å². The maximum absolute atomic E-state index is 4.62. The Morgan fingerprint density at radius 2 is 2.37 bits per heavy atom. The fraction of sp³-hybridized carbons (Fsp3) is 0.667. The molecule has 1 saturated heterocycles. The Labute approximate surface area is 124 Å². The van der Waals surface area contributed by atoms with Gasteiger partial charge >= 0.3 is 0 Å². The van der Waals surface area contributed by atoms with E-state index in [2.05, 4.69) is 51.0 Å². The average molecular weight is 326 g/mol. The predicted molar refractivity (Wildman–Crippen MR) is 84.8 cm³/mol. The molecule has 0 radical (unpaired) electrons. The number of halogens is 1. The topological polar surface area (TPSA) is 28.2 Å². The second-order valence-electron chi connectivity index (χ2n) is 5.41. The first kappa shape index (κ1) is 14.8. The molecule has 0 bridgehead atoms. The molecule has 1 aromatic heterocycles. The van der Waals surface area contributed by atoms with E-state index in [9.17, 15) is 0 Å². The highest BCUT2D eigenvalue weighted by Crippen LogP contribution is 2.25. The minimum atomic E-state index is 0.617. The van der Waals surface area contributed by atoms with Crippen LogP contribution in [0.15, 0.2) is 16.7 Å². The maximum Gasteiger partial charge on any atom is 0.142 e. The van der Waals surface area contributed by atoms with Crippen molar-refractivity contribution in [3.8, 4) is 0 Å². The van der Waals surface area contributed by atoms with E-state index in [1.165, 1.54) is 31.2 Å². The Morgan fingerprint density at radius 1 is 1.53 bits per heavy atom. The maximum atomic E-state index is 4.62. The summed E-state index contributed by atoms with van der Waals surface area (Å²) in [5, 5.41) is 3.58. The molecule has 0 aromatic carbocycles. The van der Waals surface area contributed by atoms with Gasteiger partial charge in [-0.1, -0.05) is 13.3 Å². The zero-order chi connectivity index (χ0) is 13.7. The van der Waals surface area contributed by atoms with Crippen LogP contribution in [-0.4, -0.2) is 30.7 Å². The highest BCUT2D eigenvalue weighted by Gasteiger charge is 2.20. The average Bonchev–Trinajstić information content (AvgIpc) is 2.88. The molecule has 0 saturated carbocycles. The Hall–Kier alpha value is -0.610. The van der Waals surface area contributed by atoms with Crippen LogP contribution in [0.5, 0.6) is 0 Å². The first-order chi connectivity index (χ1) is 9.20. The first-order valence-corrected chi connectivity index (χ1v) is 8.10. The molecule has 1 aliphatic rings. The molecule has 2 heterocycles. The molecule has 106 valence electrons. The zero-order valence-corrected chi connectivity index (χ0v) is 13.5. The quantitative estimate of drug-likeness (QED) is 0.867. The van der Waals surface area contributed by atoms with Crippen molar-refractivity contribution in [2.24, 2.45) is 0 Å². The summed E-state index contributed by atoms with van der Waals surface area (Å²) in [5.41, 5.74) is 1.20. The second-order valence-corrected chi connectivity index (χ2v) is 6.27. The monoisotopic (exact) mass is 325 g/mol. The summed E-state index contributed by atoms with van der Waals surface area (Å²) in [7, 11) is 0. The van der Waals surface area contributed by atoms with Crippen molar-refractivity contribution in [1.29, 1.82) is 0 Å². The summed E-state index contributed by atoms with van der Waals surface area (Å²) in [6, 6.07) is 2.77. The van der Waals surface area contributed by atoms with Crippen molar-refractivity contribution in [3.05, 3.63) is 22.3 Å². The summed E-state index contributed by atoms with van der Waals surface area (Å²) in [6.07, 6.45) is 6.98. The first-order valence-electron chi connectivity index (χ1n) is 7.31. The van der Waals surface area contributed by atoms with Gasteiger partial charge in [-0.05, 0) is 60.3 Å². The Bertz CT molecular complexity index is 402. The largest absolute Gasteiger partial charge is 0.354 e. The van der Waals surface area contributed by atoms with Gasteiger partial charge < -0.3 is 10.2 Å². The minimum Gasteiger partial charge on any atom is -0.354 e. The van der Waals surface area contributed by atoms with E-state index in [4.69, 9.17) is 0 Å². The second kappa shape index (κ2) is 7.25. The van der Waals surface area contributed by atoms with E-state index in [0.717, 1.165) is 29.9 Å². The Morgan fingerprint density at radius 3 is 3.00 bits per heavy atom. The van der Waals surface area contributed by atoms with Crippen LogP contribution in [-0.2, 0) is 0 Å². The molecule has 1 fully saturated rings. The number of anilines is 1. The molecule has 0 amide bonds. The lowest BCUT2D eigenvalue weighted by atomic mass is 10.2. The van der Waals surface area contributed by atoms with E-state index < -0.39 is 0 Å². The number of hydrogen-bond donors (Lipinski definition) is 1. The van der Waals surface area contributed by atoms with Crippen molar-refractivity contribution in [3.63, 3.8) is 0 Å². The van der Waals surface area contributed by atoms with Gasteiger partial charge in [0.2, 0.25) is 0 Å². The van der Waals surface area contributed by atoms with Crippen LogP contribution < -0.4 is 10.2 Å². The Kier molecular flexibility index (Phi) is 5.64. The molecule has 1 unspecified atom stereocenters. The number of aromatic nitrogens is 1. The number of nitrogens with zero attached hydrogens (tertiary/aromatic N) is 2. The Balaban J connectivity index is 2.10. The van der Waals surface area contributed by atoms with Crippen LogP contribution in [0.25, 0.3) is 0 Å². The number of hydrogen-bond acceptors (Lipinski definition) is 3. The lowest BCUT2D eigenvalue weighted by Crippen LogP contribution is -2.38. The van der Waals surface area contributed by atoms with Gasteiger partial charge in [0.05, 0.1) is 4.47 Å². The lowest BCUT2D eigenvalue weighted by molar-refractivity contribution is 0.568. The predicted octanol–water partition coefficient (Wildman–Crippen LogP) is 3.51. The molecule has 19 heavy (non-hydrogen) atoms. The van der Waals surface area contributed by atoms with E-state index in [1.54, 1.807) is 0 Å². The highest BCUT2D eigenvalue weighted by atomic mass is 79.9. The van der Waals surface area contributed by atoms with Crippen molar-refractivity contribution >= 4 is 21.7 Å². The van der Waals surface area contributed by atoms with Crippen LogP contribution in [0.2, 0.25) is 0 Å². The molecule has 1 aromatic rings. The summed E-state index contributed by atoms with van der Waals surface area (Å²) in [4.78, 5) is 7.05. The smallest absolute Gasteiger partial charge is 0.142 e. The molecule has 3 nitrogen and oxygen atoms in total. The van der Waals surface area contributed by atoms with Crippen molar-refractivity contribution < 1.29 is 0 Å². The fourth-order valence-corrected chi connectivity index (χ4v) is 3.28. The van der Waals surface area contributed by atoms with Gasteiger partial charge in [-0.2, -0.15) is 0 Å². The number of aryl methyl sites for hydroxylation is 1. The van der Waals surface area contributed by atoms with Crippen LogP contribution in [0.4, 0.5) is 5.82 Å². The van der Waals surface area contributed by atoms with Gasteiger partial charge in [0, 0.05) is 25.3 Å². The van der Waals surface area contributed by atoms with Crippen LogP contribution in [0, 0.1) is 6.92 Å². The van der Waals surface area contributed by atoms with Crippen molar-refractivity contribution in [2.75, 3.05) is 24.5 Å². The molecule has 0 aliphatic carbocycles. The zero-order valence-electron chi connectivity index (χ0n) is 12.0. The standard InChI is InChI=1S/C15H24BrN3/c1-3-4-8-19(11-13-6-5-7-17-13)15-14(16)9-12(2)10-18-15/h9-10,13,17H,3-8,11H2,1-2H3. The number of rotatable bonds is 6. The van der Waals surface area contributed by atoms with E-state index in [0.29, 0.717) is 6.04 Å². The number of unbranched alkanes of at least 4 members (excludes halogenated alkanes) is 1. The highest BCUT2D eigenvalue weighted by molar-refractivity contribution is 9.10. The summed E-state index contributed by atoms with van der Waals surface area (Å²) in [5.74, 6) is 1.09. The minimum absolute atomic E-state index is 0.617. The molecule has 2 rings (SSSR count).